The van der Waals surface area contributed by atoms with Crippen molar-refractivity contribution in [1.29, 1.82) is 0 Å². The summed E-state index contributed by atoms with van der Waals surface area (Å²) in [6, 6.07) is 9.63. The zero-order chi connectivity index (χ0) is 17.1. The lowest BCUT2D eigenvalue weighted by Crippen LogP contribution is -2.51. The molecule has 0 saturated carbocycles. The molecule has 0 spiro atoms. The Bertz CT molecular complexity index is 720. The maximum atomic E-state index is 12.6. The van der Waals surface area contributed by atoms with E-state index in [0.717, 1.165) is 11.4 Å². The highest BCUT2D eigenvalue weighted by Gasteiger charge is 2.33. The van der Waals surface area contributed by atoms with Crippen LogP contribution in [0.2, 0.25) is 0 Å². The van der Waals surface area contributed by atoms with Gasteiger partial charge in [0.25, 0.3) is 5.91 Å². The Hall–Kier alpha value is -2.34. The number of methoxy groups -OCH3 is 1. The van der Waals surface area contributed by atoms with Crippen LogP contribution in [-0.2, 0) is 4.74 Å². The summed E-state index contributed by atoms with van der Waals surface area (Å²) in [7, 11) is 1.63. The summed E-state index contributed by atoms with van der Waals surface area (Å²) in [6.07, 6.45) is 0. The minimum Gasteiger partial charge on any atom is -0.491 e. The normalized spacial score (nSPS) is 14.5. The van der Waals surface area contributed by atoms with E-state index in [1.54, 1.807) is 13.2 Å². The number of hydrogen-bond donors (Lipinski definition) is 0. The van der Waals surface area contributed by atoms with Crippen molar-refractivity contribution in [3.63, 3.8) is 0 Å². The standard InChI is InChI=1S/C18H23N3O3/c1-13-9-14(2)21(19-13)16-11-20(12-16)18(22)15-5-4-6-17(10-15)24-8-7-23-3/h4-6,9-10,16H,7-8,11-12H2,1-3H3. The summed E-state index contributed by atoms with van der Waals surface area (Å²) in [6.45, 7) is 6.41. The summed E-state index contributed by atoms with van der Waals surface area (Å²) in [5.41, 5.74) is 2.80. The maximum Gasteiger partial charge on any atom is 0.254 e. The second-order valence-electron chi connectivity index (χ2n) is 6.10. The van der Waals surface area contributed by atoms with Gasteiger partial charge in [0, 0.05) is 31.5 Å². The van der Waals surface area contributed by atoms with Gasteiger partial charge >= 0.3 is 0 Å². The molecule has 0 N–H and O–H groups in total. The molecule has 24 heavy (non-hydrogen) atoms. The first-order valence-electron chi connectivity index (χ1n) is 8.12. The third-order valence-corrected chi connectivity index (χ3v) is 4.18. The van der Waals surface area contributed by atoms with E-state index >= 15 is 0 Å². The number of benzene rings is 1. The third kappa shape index (κ3) is 3.43. The van der Waals surface area contributed by atoms with Crippen molar-refractivity contribution in [2.45, 2.75) is 19.9 Å². The van der Waals surface area contributed by atoms with Crippen LogP contribution < -0.4 is 4.74 Å². The lowest BCUT2D eigenvalue weighted by Gasteiger charge is -2.39. The Morgan fingerprint density at radius 2 is 2.04 bits per heavy atom. The number of aromatic nitrogens is 2. The van der Waals surface area contributed by atoms with Crippen LogP contribution in [0.25, 0.3) is 0 Å². The van der Waals surface area contributed by atoms with E-state index in [1.165, 1.54) is 0 Å². The number of ether oxygens (including phenoxy) is 2. The van der Waals surface area contributed by atoms with Crippen LogP contribution in [0.1, 0.15) is 27.8 Å². The van der Waals surface area contributed by atoms with Gasteiger partial charge in [-0.05, 0) is 38.1 Å². The number of nitrogens with zero attached hydrogens (tertiary/aromatic N) is 3. The summed E-state index contributed by atoms with van der Waals surface area (Å²) >= 11 is 0. The molecule has 0 radical (unpaired) electrons. The van der Waals surface area contributed by atoms with Gasteiger partial charge in [-0.1, -0.05) is 6.07 Å². The quantitative estimate of drug-likeness (QED) is 0.763. The van der Waals surface area contributed by atoms with Crippen LogP contribution in [0.15, 0.2) is 30.3 Å². The van der Waals surface area contributed by atoms with Gasteiger partial charge in [-0.2, -0.15) is 5.10 Å². The van der Waals surface area contributed by atoms with Crippen molar-refractivity contribution < 1.29 is 14.3 Å². The highest BCUT2D eigenvalue weighted by molar-refractivity contribution is 5.95. The van der Waals surface area contributed by atoms with Gasteiger partial charge in [0.1, 0.15) is 12.4 Å². The van der Waals surface area contributed by atoms with Crippen molar-refractivity contribution in [3.8, 4) is 5.75 Å². The lowest BCUT2D eigenvalue weighted by atomic mass is 10.1. The van der Waals surface area contributed by atoms with Crippen LogP contribution in [0, 0.1) is 13.8 Å². The first-order chi connectivity index (χ1) is 11.6. The first-order valence-corrected chi connectivity index (χ1v) is 8.12. The Morgan fingerprint density at radius 3 is 2.71 bits per heavy atom. The van der Waals surface area contributed by atoms with E-state index < -0.39 is 0 Å². The fraction of sp³-hybridized carbons (Fsp3) is 0.444. The van der Waals surface area contributed by atoms with Gasteiger partial charge in [-0.25, -0.2) is 0 Å². The predicted molar refractivity (Wildman–Crippen MR) is 90.5 cm³/mol. The first kappa shape index (κ1) is 16.5. The fourth-order valence-electron chi connectivity index (χ4n) is 2.94. The van der Waals surface area contributed by atoms with Crippen molar-refractivity contribution in [2.75, 3.05) is 33.4 Å². The molecule has 128 valence electrons. The molecule has 0 atom stereocenters. The molecule has 1 fully saturated rings. The van der Waals surface area contributed by atoms with Gasteiger partial charge in [0.05, 0.1) is 18.3 Å². The van der Waals surface area contributed by atoms with Gasteiger partial charge in [0.2, 0.25) is 0 Å². The molecular formula is C18H23N3O3. The van der Waals surface area contributed by atoms with Crippen molar-refractivity contribution in [3.05, 3.63) is 47.3 Å². The largest absolute Gasteiger partial charge is 0.491 e. The summed E-state index contributed by atoms with van der Waals surface area (Å²) in [5, 5.41) is 4.50. The predicted octanol–water partition coefficient (Wildman–Crippen LogP) is 2.22. The lowest BCUT2D eigenvalue weighted by molar-refractivity contribution is 0.0497. The summed E-state index contributed by atoms with van der Waals surface area (Å²) in [4.78, 5) is 14.4. The van der Waals surface area contributed by atoms with Gasteiger partial charge < -0.3 is 14.4 Å². The Kier molecular flexibility index (Phi) is 4.85. The number of amides is 1. The molecule has 3 rings (SSSR count). The molecule has 2 heterocycles. The van der Waals surface area contributed by atoms with Crippen LogP contribution in [-0.4, -0.2) is 54.0 Å². The van der Waals surface area contributed by atoms with E-state index in [-0.39, 0.29) is 11.9 Å². The SMILES string of the molecule is COCCOc1cccc(C(=O)N2CC(n3nc(C)cc3C)C2)c1. The number of hydrogen-bond acceptors (Lipinski definition) is 4. The van der Waals surface area contributed by atoms with E-state index in [4.69, 9.17) is 9.47 Å². The number of likely N-dealkylation sites (tertiary alicyclic amines) is 1. The molecule has 6 nitrogen and oxygen atoms in total. The van der Waals surface area contributed by atoms with E-state index in [2.05, 4.69) is 11.2 Å². The molecular weight excluding hydrogens is 306 g/mol. The molecule has 0 bridgehead atoms. The molecule has 1 aromatic carbocycles. The number of rotatable bonds is 6. The average Bonchev–Trinajstić information content (AvgIpc) is 2.85. The van der Waals surface area contributed by atoms with E-state index in [1.807, 2.05) is 41.6 Å². The average molecular weight is 329 g/mol. The summed E-state index contributed by atoms with van der Waals surface area (Å²) < 4.78 is 12.5. The van der Waals surface area contributed by atoms with Crippen LogP contribution in [0.5, 0.6) is 5.75 Å². The molecule has 1 aliphatic heterocycles. The fourth-order valence-corrected chi connectivity index (χ4v) is 2.94. The van der Waals surface area contributed by atoms with Crippen molar-refractivity contribution >= 4 is 5.91 Å². The molecule has 1 saturated heterocycles. The Morgan fingerprint density at radius 1 is 1.25 bits per heavy atom. The smallest absolute Gasteiger partial charge is 0.254 e. The molecule has 1 aromatic heterocycles. The van der Waals surface area contributed by atoms with E-state index in [9.17, 15) is 4.79 Å². The van der Waals surface area contributed by atoms with Crippen LogP contribution in [0.4, 0.5) is 0 Å². The highest BCUT2D eigenvalue weighted by atomic mass is 16.5. The highest BCUT2D eigenvalue weighted by Crippen LogP contribution is 2.25. The minimum absolute atomic E-state index is 0.0324. The van der Waals surface area contributed by atoms with Crippen molar-refractivity contribution in [1.82, 2.24) is 14.7 Å². The topological polar surface area (TPSA) is 56.6 Å². The Labute approximate surface area is 142 Å². The van der Waals surface area contributed by atoms with Crippen LogP contribution in [0.3, 0.4) is 0 Å². The molecule has 6 heteroatoms. The van der Waals surface area contributed by atoms with Gasteiger partial charge in [-0.15, -0.1) is 0 Å². The molecule has 1 aliphatic rings. The second kappa shape index (κ2) is 7.05. The third-order valence-electron chi connectivity index (χ3n) is 4.18. The number of carbonyl (C=O) groups is 1. The second-order valence-corrected chi connectivity index (χ2v) is 6.10. The number of carbonyl (C=O) groups excluding carboxylic acids is 1. The van der Waals surface area contributed by atoms with Crippen LogP contribution >= 0.6 is 0 Å². The number of aryl methyl sites for hydroxylation is 2. The van der Waals surface area contributed by atoms with Gasteiger partial charge in [-0.3, -0.25) is 9.48 Å². The minimum atomic E-state index is 0.0324. The zero-order valence-corrected chi connectivity index (χ0v) is 14.4. The monoisotopic (exact) mass is 329 g/mol. The Balaban J connectivity index is 1.60. The maximum absolute atomic E-state index is 12.6. The molecule has 0 aliphatic carbocycles. The van der Waals surface area contributed by atoms with Gasteiger partial charge in [0.15, 0.2) is 0 Å². The molecule has 2 aromatic rings. The zero-order valence-electron chi connectivity index (χ0n) is 14.4. The molecule has 1 amide bonds. The van der Waals surface area contributed by atoms with E-state index in [0.29, 0.717) is 37.6 Å². The molecule has 0 unspecified atom stereocenters. The summed E-state index contributed by atoms with van der Waals surface area (Å²) in [5.74, 6) is 0.721. The van der Waals surface area contributed by atoms with Crippen molar-refractivity contribution in [2.24, 2.45) is 0 Å².